The van der Waals surface area contributed by atoms with E-state index in [0.29, 0.717) is 6.04 Å². The van der Waals surface area contributed by atoms with Gasteiger partial charge in [-0.15, -0.1) is 0 Å². The molecule has 0 heterocycles. The predicted molar refractivity (Wildman–Crippen MR) is 69.0 cm³/mol. The Balaban J connectivity index is 2.32. The topological polar surface area (TPSA) is 58.6 Å². The smallest absolute Gasteiger partial charge is 0.325 e. The molecule has 1 saturated carbocycles. The van der Waals surface area contributed by atoms with Gasteiger partial charge < -0.3 is 9.84 Å². The van der Waals surface area contributed by atoms with E-state index in [1.807, 2.05) is 26.0 Å². The summed E-state index contributed by atoms with van der Waals surface area (Å²) in [4.78, 5) is 11.3. The number of carbonyl (C=O) groups is 1. The van der Waals surface area contributed by atoms with Crippen LogP contribution in [0.4, 0.5) is 0 Å². The van der Waals surface area contributed by atoms with Gasteiger partial charge in [0.1, 0.15) is 11.8 Å². The van der Waals surface area contributed by atoms with Gasteiger partial charge in [-0.25, -0.2) is 0 Å². The van der Waals surface area contributed by atoms with E-state index in [4.69, 9.17) is 4.74 Å². The van der Waals surface area contributed by atoms with Crippen LogP contribution in [0.1, 0.15) is 35.6 Å². The van der Waals surface area contributed by atoms with Gasteiger partial charge >= 0.3 is 5.97 Å². The van der Waals surface area contributed by atoms with Gasteiger partial charge in [0.05, 0.1) is 7.11 Å². The Morgan fingerprint density at radius 2 is 1.94 bits per heavy atom. The van der Waals surface area contributed by atoms with Gasteiger partial charge in [0.2, 0.25) is 0 Å². The van der Waals surface area contributed by atoms with E-state index in [-0.39, 0.29) is 0 Å². The second kappa shape index (κ2) is 4.98. The molecule has 1 atom stereocenters. The minimum atomic E-state index is -0.828. The Hall–Kier alpha value is -1.55. The molecule has 0 amide bonds. The maximum absolute atomic E-state index is 11.3. The van der Waals surface area contributed by atoms with Gasteiger partial charge in [0.15, 0.2) is 0 Å². The molecule has 0 radical (unpaired) electrons. The standard InChI is InChI=1S/C14H19NO3/c1-8-6-10(7-9(2)13(8)18-3)12(14(16)17)15-11-4-5-11/h6-7,11-12,15H,4-5H2,1-3H3,(H,16,17). The number of aryl methyl sites for hydroxylation is 2. The summed E-state index contributed by atoms with van der Waals surface area (Å²) in [5.74, 6) is 0.000164. The molecule has 1 aromatic carbocycles. The Morgan fingerprint density at radius 3 is 2.33 bits per heavy atom. The van der Waals surface area contributed by atoms with Gasteiger partial charge in [-0.1, -0.05) is 12.1 Å². The van der Waals surface area contributed by atoms with Crippen molar-refractivity contribution in [2.75, 3.05) is 7.11 Å². The second-order valence-electron chi connectivity index (χ2n) is 4.90. The fraction of sp³-hybridized carbons (Fsp3) is 0.500. The third-order valence-corrected chi connectivity index (χ3v) is 3.25. The Kier molecular flexibility index (Phi) is 3.57. The molecule has 4 heteroatoms. The Bertz CT molecular complexity index is 443. The molecule has 0 bridgehead atoms. The van der Waals surface area contributed by atoms with Crippen LogP contribution in [0.3, 0.4) is 0 Å². The highest BCUT2D eigenvalue weighted by Crippen LogP contribution is 2.29. The molecule has 1 aromatic rings. The summed E-state index contributed by atoms with van der Waals surface area (Å²) in [5.41, 5.74) is 2.73. The molecule has 1 fully saturated rings. The average molecular weight is 249 g/mol. The number of methoxy groups -OCH3 is 1. The molecule has 1 aliphatic carbocycles. The molecule has 2 N–H and O–H groups in total. The van der Waals surface area contributed by atoms with Gasteiger partial charge in [0.25, 0.3) is 0 Å². The number of rotatable bonds is 5. The van der Waals surface area contributed by atoms with Crippen LogP contribution in [0.15, 0.2) is 12.1 Å². The van der Waals surface area contributed by atoms with Crippen LogP contribution in [0, 0.1) is 13.8 Å². The van der Waals surface area contributed by atoms with E-state index in [9.17, 15) is 9.90 Å². The second-order valence-corrected chi connectivity index (χ2v) is 4.90. The van der Waals surface area contributed by atoms with E-state index < -0.39 is 12.0 Å². The first-order valence-corrected chi connectivity index (χ1v) is 6.17. The molecule has 98 valence electrons. The van der Waals surface area contributed by atoms with Crippen molar-refractivity contribution < 1.29 is 14.6 Å². The lowest BCUT2D eigenvalue weighted by atomic mass is 10.00. The molecule has 0 aromatic heterocycles. The van der Waals surface area contributed by atoms with Crippen molar-refractivity contribution >= 4 is 5.97 Å². The number of hydrogen-bond acceptors (Lipinski definition) is 3. The molecular weight excluding hydrogens is 230 g/mol. The Labute approximate surface area is 107 Å². The van der Waals surface area contributed by atoms with Crippen LogP contribution >= 0.6 is 0 Å². The lowest BCUT2D eigenvalue weighted by Crippen LogP contribution is -2.30. The highest BCUT2D eigenvalue weighted by Gasteiger charge is 2.29. The average Bonchev–Trinajstić information content (AvgIpc) is 3.08. The van der Waals surface area contributed by atoms with Crippen molar-refractivity contribution in [2.45, 2.75) is 38.8 Å². The summed E-state index contributed by atoms with van der Waals surface area (Å²) in [6.07, 6.45) is 2.13. The van der Waals surface area contributed by atoms with E-state index >= 15 is 0 Å². The molecule has 18 heavy (non-hydrogen) atoms. The molecular formula is C14H19NO3. The molecule has 2 rings (SSSR count). The van der Waals surface area contributed by atoms with Crippen molar-refractivity contribution in [3.8, 4) is 5.75 Å². The third kappa shape index (κ3) is 2.64. The highest BCUT2D eigenvalue weighted by atomic mass is 16.5. The fourth-order valence-electron chi connectivity index (χ4n) is 2.27. The zero-order chi connectivity index (χ0) is 13.3. The van der Waals surface area contributed by atoms with E-state index in [1.54, 1.807) is 7.11 Å². The van der Waals surface area contributed by atoms with Crippen molar-refractivity contribution in [1.82, 2.24) is 5.32 Å². The first-order valence-electron chi connectivity index (χ1n) is 6.17. The number of hydrogen-bond donors (Lipinski definition) is 2. The van der Waals surface area contributed by atoms with Crippen LogP contribution in [-0.2, 0) is 4.79 Å². The number of aliphatic carboxylic acids is 1. The van der Waals surface area contributed by atoms with Crippen LogP contribution in [-0.4, -0.2) is 24.2 Å². The van der Waals surface area contributed by atoms with Crippen LogP contribution in [0.2, 0.25) is 0 Å². The molecule has 1 unspecified atom stereocenters. The minimum absolute atomic E-state index is 0.355. The van der Waals surface area contributed by atoms with Gasteiger partial charge in [-0.05, 0) is 43.4 Å². The van der Waals surface area contributed by atoms with Crippen molar-refractivity contribution in [3.63, 3.8) is 0 Å². The van der Waals surface area contributed by atoms with Gasteiger partial charge in [-0.2, -0.15) is 0 Å². The molecule has 0 spiro atoms. The third-order valence-electron chi connectivity index (χ3n) is 3.25. The largest absolute Gasteiger partial charge is 0.496 e. The minimum Gasteiger partial charge on any atom is -0.496 e. The SMILES string of the molecule is COc1c(C)cc(C(NC2CC2)C(=O)O)cc1C. The van der Waals surface area contributed by atoms with Crippen molar-refractivity contribution in [1.29, 1.82) is 0 Å². The predicted octanol–water partition coefficient (Wildman–Crippen LogP) is 2.19. The summed E-state index contributed by atoms with van der Waals surface area (Å²) in [5, 5.41) is 12.5. The van der Waals surface area contributed by atoms with E-state index in [2.05, 4.69) is 5.32 Å². The monoisotopic (exact) mass is 249 g/mol. The normalized spacial score (nSPS) is 16.4. The highest BCUT2D eigenvalue weighted by molar-refractivity contribution is 5.76. The van der Waals surface area contributed by atoms with E-state index in [1.165, 1.54) is 0 Å². The lowest BCUT2D eigenvalue weighted by Gasteiger charge is -2.17. The molecule has 0 aliphatic heterocycles. The van der Waals surface area contributed by atoms with Crippen LogP contribution < -0.4 is 10.1 Å². The molecule has 4 nitrogen and oxygen atoms in total. The number of benzene rings is 1. The quantitative estimate of drug-likeness (QED) is 0.839. The number of nitrogens with one attached hydrogen (secondary N) is 1. The maximum atomic E-state index is 11.3. The summed E-state index contributed by atoms with van der Waals surface area (Å²) in [7, 11) is 1.63. The zero-order valence-electron chi connectivity index (χ0n) is 11.0. The number of ether oxygens (including phenoxy) is 1. The maximum Gasteiger partial charge on any atom is 0.325 e. The van der Waals surface area contributed by atoms with Gasteiger partial charge in [-0.3, -0.25) is 10.1 Å². The summed E-state index contributed by atoms with van der Waals surface area (Å²) >= 11 is 0. The van der Waals surface area contributed by atoms with Crippen molar-refractivity contribution in [3.05, 3.63) is 28.8 Å². The van der Waals surface area contributed by atoms with Crippen LogP contribution in [0.5, 0.6) is 5.75 Å². The number of carboxylic acid groups (broad SMARTS) is 1. The Morgan fingerprint density at radius 1 is 1.39 bits per heavy atom. The zero-order valence-corrected chi connectivity index (χ0v) is 11.0. The van der Waals surface area contributed by atoms with Crippen molar-refractivity contribution in [2.24, 2.45) is 0 Å². The summed E-state index contributed by atoms with van der Waals surface area (Å²) in [6.45, 7) is 3.87. The lowest BCUT2D eigenvalue weighted by molar-refractivity contribution is -0.139. The van der Waals surface area contributed by atoms with Crippen LogP contribution in [0.25, 0.3) is 0 Å². The fourth-order valence-corrected chi connectivity index (χ4v) is 2.27. The first-order chi connectivity index (χ1) is 8.52. The summed E-state index contributed by atoms with van der Waals surface area (Å²) < 4.78 is 5.30. The number of carboxylic acids is 1. The van der Waals surface area contributed by atoms with Gasteiger partial charge in [0, 0.05) is 6.04 Å². The molecule has 0 saturated heterocycles. The molecule has 1 aliphatic rings. The summed E-state index contributed by atoms with van der Waals surface area (Å²) in [6, 6.07) is 3.51. The van der Waals surface area contributed by atoms with E-state index in [0.717, 1.165) is 35.3 Å². The first kappa shape index (κ1) is 12.9.